The third-order valence-electron chi connectivity index (χ3n) is 6.35. The van der Waals surface area contributed by atoms with Crippen LogP contribution >= 0.6 is 23.2 Å². The van der Waals surface area contributed by atoms with E-state index in [2.05, 4.69) is 17.3 Å². The van der Waals surface area contributed by atoms with Crippen LogP contribution in [0.1, 0.15) is 31.2 Å². The van der Waals surface area contributed by atoms with Crippen LogP contribution in [0.5, 0.6) is 0 Å². The lowest BCUT2D eigenvalue weighted by atomic mass is 9.90. The van der Waals surface area contributed by atoms with Crippen molar-refractivity contribution in [2.75, 3.05) is 36.9 Å². The summed E-state index contributed by atoms with van der Waals surface area (Å²) < 4.78 is 14.1. The van der Waals surface area contributed by atoms with Gasteiger partial charge in [-0.1, -0.05) is 41.4 Å². The van der Waals surface area contributed by atoms with E-state index in [4.69, 9.17) is 23.2 Å². The number of hydrogen-bond acceptors (Lipinski definition) is 3. The fourth-order valence-electron chi connectivity index (χ4n) is 4.57. The van der Waals surface area contributed by atoms with Gasteiger partial charge in [0.1, 0.15) is 5.82 Å². The van der Waals surface area contributed by atoms with Gasteiger partial charge in [-0.05, 0) is 75.5 Å². The van der Waals surface area contributed by atoms with E-state index in [9.17, 15) is 9.18 Å². The Bertz CT molecular complexity index is 923. The zero-order chi connectivity index (χ0) is 22.0. The number of halogens is 3. The zero-order valence-corrected chi connectivity index (χ0v) is 19.2. The molecule has 2 fully saturated rings. The highest BCUT2D eigenvalue weighted by atomic mass is 35.5. The summed E-state index contributed by atoms with van der Waals surface area (Å²) in [7, 11) is 2.13. The molecule has 2 heterocycles. The number of amides is 1. The van der Waals surface area contributed by atoms with Crippen molar-refractivity contribution in [2.24, 2.45) is 5.92 Å². The van der Waals surface area contributed by atoms with Crippen molar-refractivity contribution < 1.29 is 9.18 Å². The predicted octanol–water partition coefficient (Wildman–Crippen LogP) is 5.62. The number of anilines is 2. The van der Waals surface area contributed by atoms with Gasteiger partial charge in [-0.2, -0.15) is 0 Å². The number of hydrogen-bond donors (Lipinski definition) is 1. The highest BCUT2D eigenvalue weighted by Crippen LogP contribution is 2.40. The molecule has 1 amide bonds. The highest BCUT2D eigenvalue weighted by Gasteiger charge is 2.30. The number of rotatable bonds is 5. The largest absolute Gasteiger partial charge is 0.382 e. The molecule has 2 aliphatic rings. The lowest BCUT2D eigenvalue weighted by Crippen LogP contribution is -2.41. The predicted molar refractivity (Wildman–Crippen MR) is 126 cm³/mol. The molecule has 2 aliphatic heterocycles. The average molecular weight is 464 g/mol. The third-order valence-corrected chi connectivity index (χ3v) is 6.93. The normalized spacial score (nSPS) is 20.8. The van der Waals surface area contributed by atoms with Crippen molar-refractivity contribution in [1.82, 2.24) is 4.90 Å². The number of benzene rings is 2. The number of nitrogens with zero attached hydrogens (tertiary/aromatic N) is 2. The van der Waals surface area contributed by atoms with Crippen LogP contribution in [0, 0.1) is 11.7 Å². The minimum absolute atomic E-state index is 0.00427. The monoisotopic (exact) mass is 463 g/mol. The second-order valence-electron chi connectivity index (χ2n) is 8.71. The van der Waals surface area contributed by atoms with Crippen LogP contribution in [-0.4, -0.2) is 43.5 Å². The molecule has 4 rings (SSSR count). The maximum absolute atomic E-state index is 14.1. The summed E-state index contributed by atoms with van der Waals surface area (Å²) in [5.41, 5.74) is 2.11. The maximum atomic E-state index is 14.1. The number of carbonyl (C=O) groups excluding carboxylic acids is 1. The van der Waals surface area contributed by atoms with Crippen LogP contribution in [-0.2, 0) is 11.2 Å². The Labute approximate surface area is 193 Å². The van der Waals surface area contributed by atoms with Gasteiger partial charge >= 0.3 is 0 Å². The van der Waals surface area contributed by atoms with Crippen LogP contribution in [0.2, 0.25) is 10.0 Å². The van der Waals surface area contributed by atoms with E-state index < -0.39 is 0 Å². The fourth-order valence-corrected chi connectivity index (χ4v) is 5.26. The van der Waals surface area contributed by atoms with E-state index in [0.29, 0.717) is 46.7 Å². The molecule has 1 N–H and O–H groups in total. The molecule has 2 saturated heterocycles. The molecule has 7 heteroatoms. The van der Waals surface area contributed by atoms with Gasteiger partial charge in [0.2, 0.25) is 5.91 Å². The number of nitrogens with one attached hydrogen (secondary N) is 1. The molecule has 0 spiro atoms. The molecule has 0 bridgehead atoms. The molecule has 0 aliphatic carbocycles. The van der Waals surface area contributed by atoms with E-state index in [1.807, 2.05) is 18.2 Å². The minimum Gasteiger partial charge on any atom is -0.382 e. The van der Waals surface area contributed by atoms with Crippen LogP contribution < -0.4 is 10.2 Å². The smallest absolute Gasteiger partial charge is 0.227 e. The van der Waals surface area contributed by atoms with Crippen molar-refractivity contribution in [3.63, 3.8) is 0 Å². The number of likely N-dealkylation sites (tertiary alicyclic amines) is 1. The molecule has 0 aromatic heterocycles. The molecule has 1 unspecified atom stereocenters. The first-order valence-electron chi connectivity index (χ1n) is 10.9. The second kappa shape index (κ2) is 9.76. The van der Waals surface area contributed by atoms with Crippen molar-refractivity contribution in [3.8, 4) is 0 Å². The maximum Gasteiger partial charge on any atom is 0.227 e. The Morgan fingerprint density at radius 2 is 1.77 bits per heavy atom. The van der Waals surface area contributed by atoms with Gasteiger partial charge in [0.05, 0.1) is 15.7 Å². The third kappa shape index (κ3) is 5.33. The van der Waals surface area contributed by atoms with Crippen molar-refractivity contribution >= 4 is 40.5 Å². The average Bonchev–Trinajstić information content (AvgIpc) is 2.73. The minimum atomic E-state index is -0.202. The molecular weight excluding hydrogens is 436 g/mol. The summed E-state index contributed by atoms with van der Waals surface area (Å²) in [6.45, 7) is 2.60. The van der Waals surface area contributed by atoms with E-state index in [1.54, 1.807) is 17.0 Å². The topological polar surface area (TPSA) is 35.6 Å². The molecule has 2 aromatic carbocycles. The quantitative estimate of drug-likeness (QED) is 0.624. The Hall–Kier alpha value is -1.82. The van der Waals surface area contributed by atoms with Gasteiger partial charge in [0.15, 0.2) is 0 Å². The van der Waals surface area contributed by atoms with Crippen LogP contribution in [0.25, 0.3) is 0 Å². The lowest BCUT2D eigenvalue weighted by molar-refractivity contribution is -0.120. The van der Waals surface area contributed by atoms with Crippen molar-refractivity contribution in [1.29, 1.82) is 0 Å². The van der Waals surface area contributed by atoms with Crippen LogP contribution in [0.4, 0.5) is 15.8 Å². The summed E-state index contributed by atoms with van der Waals surface area (Å²) in [5.74, 6) is -0.0466. The van der Waals surface area contributed by atoms with Crippen LogP contribution in [0.15, 0.2) is 36.4 Å². The van der Waals surface area contributed by atoms with Gasteiger partial charge in [-0.25, -0.2) is 4.39 Å². The van der Waals surface area contributed by atoms with Gasteiger partial charge in [0, 0.05) is 24.7 Å². The molecule has 2 aromatic rings. The van der Waals surface area contributed by atoms with E-state index in [-0.39, 0.29) is 17.6 Å². The van der Waals surface area contributed by atoms with Gasteiger partial charge in [-0.15, -0.1) is 0 Å². The molecule has 1 atom stereocenters. The molecule has 4 nitrogen and oxygen atoms in total. The Kier molecular flexibility index (Phi) is 7.05. The van der Waals surface area contributed by atoms with E-state index >= 15 is 0 Å². The fraction of sp³-hybridized carbons (Fsp3) is 0.458. The lowest BCUT2D eigenvalue weighted by Gasteiger charge is -2.34. The first-order valence-corrected chi connectivity index (χ1v) is 11.6. The standard InChI is InChI=1S/C24H28Cl2FN3O/c1-29-10-8-18(9-11-29)28-19-13-20(25)24(21(26)14-19)30-15-16(6-7-23(30)31)12-17-4-2-3-5-22(17)27/h2-5,13-14,16,18,28H,6-12,15H2,1H3. The molecule has 0 saturated carbocycles. The zero-order valence-electron chi connectivity index (χ0n) is 17.7. The van der Waals surface area contributed by atoms with Gasteiger partial charge in [-0.3, -0.25) is 4.79 Å². The summed E-state index contributed by atoms with van der Waals surface area (Å²) in [4.78, 5) is 16.7. The van der Waals surface area contributed by atoms with Crippen molar-refractivity contribution in [2.45, 2.75) is 38.1 Å². The summed E-state index contributed by atoms with van der Waals surface area (Å²) >= 11 is 13.2. The first kappa shape index (κ1) is 22.4. The SMILES string of the molecule is CN1CCC(Nc2cc(Cl)c(N3CC(Cc4ccccc4F)CCC3=O)c(Cl)c2)CC1. The highest BCUT2D eigenvalue weighted by molar-refractivity contribution is 6.40. The molecule has 166 valence electrons. The Morgan fingerprint density at radius 3 is 2.45 bits per heavy atom. The molecule has 0 radical (unpaired) electrons. The second-order valence-corrected chi connectivity index (χ2v) is 9.53. The Morgan fingerprint density at radius 1 is 1.10 bits per heavy atom. The van der Waals surface area contributed by atoms with Crippen molar-refractivity contribution in [3.05, 3.63) is 57.8 Å². The van der Waals surface area contributed by atoms with Gasteiger partial charge in [0.25, 0.3) is 0 Å². The summed E-state index contributed by atoms with van der Waals surface area (Å²) in [5, 5.41) is 4.45. The van der Waals surface area contributed by atoms with E-state index in [1.165, 1.54) is 6.07 Å². The number of piperidine rings is 2. The Balaban J connectivity index is 1.49. The number of carbonyl (C=O) groups is 1. The molecule has 31 heavy (non-hydrogen) atoms. The van der Waals surface area contributed by atoms with Gasteiger partial charge < -0.3 is 15.1 Å². The van der Waals surface area contributed by atoms with E-state index in [0.717, 1.165) is 38.0 Å². The summed E-state index contributed by atoms with van der Waals surface area (Å²) in [6.07, 6.45) is 3.85. The summed E-state index contributed by atoms with van der Waals surface area (Å²) in [6, 6.07) is 10.9. The first-order chi connectivity index (χ1) is 14.9. The molecular formula is C24H28Cl2FN3O. The van der Waals surface area contributed by atoms with Crippen LogP contribution in [0.3, 0.4) is 0 Å².